The Bertz CT molecular complexity index is 537. The van der Waals surface area contributed by atoms with Crippen LogP contribution < -0.4 is 5.32 Å². The Kier molecular flexibility index (Phi) is 3.95. The van der Waals surface area contributed by atoms with E-state index in [2.05, 4.69) is 33.4 Å². The highest BCUT2D eigenvalue weighted by Crippen LogP contribution is 2.30. The lowest BCUT2D eigenvalue weighted by atomic mass is 9.83. The van der Waals surface area contributed by atoms with Crippen LogP contribution in [0.4, 0.5) is 5.69 Å². The molecule has 1 saturated carbocycles. The largest absolute Gasteiger partial charge is 0.379 e. The van der Waals surface area contributed by atoms with Gasteiger partial charge < -0.3 is 5.32 Å². The van der Waals surface area contributed by atoms with Crippen LogP contribution >= 0.6 is 0 Å². The summed E-state index contributed by atoms with van der Waals surface area (Å²) in [7, 11) is 0. The van der Waals surface area contributed by atoms with Crippen molar-refractivity contribution >= 4 is 5.69 Å². The lowest BCUT2D eigenvalue weighted by Crippen LogP contribution is -2.32. The molecular weight excluding hydrogens is 250 g/mol. The molecule has 1 fully saturated rings. The maximum atomic E-state index is 4.44. The van der Waals surface area contributed by atoms with Crippen molar-refractivity contribution in [1.29, 1.82) is 0 Å². The van der Waals surface area contributed by atoms with Crippen LogP contribution in [0.25, 0.3) is 5.82 Å². The normalized spacial score (nSPS) is 22.6. The van der Waals surface area contributed by atoms with Crippen molar-refractivity contribution < 1.29 is 0 Å². The topological polar surface area (TPSA) is 55.6 Å². The number of aromatic nitrogens is 4. The van der Waals surface area contributed by atoms with Crippen LogP contribution in [-0.4, -0.2) is 25.8 Å². The average molecular weight is 271 g/mol. The van der Waals surface area contributed by atoms with Crippen molar-refractivity contribution in [1.82, 2.24) is 19.7 Å². The van der Waals surface area contributed by atoms with Gasteiger partial charge >= 0.3 is 0 Å². The number of nitrogens with zero attached hydrogens (tertiary/aromatic N) is 4. The third-order valence-corrected chi connectivity index (χ3v) is 4.20. The van der Waals surface area contributed by atoms with Crippen LogP contribution in [-0.2, 0) is 0 Å². The van der Waals surface area contributed by atoms with Crippen LogP contribution in [0.3, 0.4) is 0 Å². The first-order chi connectivity index (χ1) is 9.88. The van der Waals surface area contributed by atoms with E-state index < -0.39 is 0 Å². The van der Waals surface area contributed by atoms with Gasteiger partial charge in [0.2, 0.25) is 0 Å². The molecule has 5 nitrogen and oxygen atoms in total. The number of rotatable bonds is 4. The fourth-order valence-electron chi connectivity index (χ4n) is 3.10. The molecule has 2 aromatic rings. The molecule has 0 aliphatic heterocycles. The molecule has 2 aromatic heterocycles. The Balaban J connectivity index is 1.83. The summed E-state index contributed by atoms with van der Waals surface area (Å²) < 4.78 is 1.71. The molecule has 3 rings (SSSR count). The van der Waals surface area contributed by atoms with Crippen molar-refractivity contribution in [2.24, 2.45) is 5.92 Å². The zero-order valence-electron chi connectivity index (χ0n) is 11.9. The zero-order valence-corrected chi connectivity index (χ0v) is 11.9. The van der Waals surface area contributed by atoms with Crippen LogP contribution in [0.1, 0.15) is 39.0 Å². The molecule has 20 heavy (non-hydrogen) atoms. The third-order valence-electron chi connectivity index (χ3n) is 4.20. The Hall–Kier alpha value is -1.91. The summed E-state index contributed by atoms with van der Waals surface area (Å²) in [5, 5.41) is 7.87. The molecule has 2 atom stereocenters. The first-order valence-electron chi connectivity index (χ1n) is 7.45. The molecule has 1 aliphatic rings. The van der Waals surface area contributed by atoms with Crippen molar-refractivity contribution in [3.63, 3.8) is 0 Å². The number of pyridine rings is 1. The van der Waals surface area contributed by atoms with Gasteiger partial charge in [0.15, 0.2) is 5.82 Å². The van der Waals surface area contributed by atoms with Gasteiger partial charge in [-0.2, -0.15) is 5.10 Å². The van der Waals surface area contributed by atoms with E-state index in [-0.39, 0.29) is 0 Å². The summed E-state index contributed by atoms with van der Waals surface area (Å²) in [5.74, 6) is 1.58. The van der Waals surface area contributed by atoms with Gasteiger partial charge in [-0.3, -0.25) is 0 Å². The molecule has 106 valence electrons. The highest BCUT2D eigenvalue weighted by atomic mass is 15.3. The summed E-state index contributed by atoms with van der Waals surface area (Å²) >= 11 is 0. The summed E-state index contributed by atoms with van der Waals surface area (Å²) in [6.07, 6.45) is 11.5. The van der Waals surface area contributed by atoms with Gasteiger partial charge in [-0.1, -0.05) is 26.2 Å². The lowest BCUT2D eigenvalue weighted by Gasteiger charge is -2.32. The lowest BCUT2D eigenvalue weighted by molar-refractivity contribution is 0.317. The van der Waals surface area contributed by atoms with Crippen LogP contribution in [0.2, 0.25) is 0 Å². The molecule has 1 N–H and O–H groups in total. The molecule has 0 amide bonds. The standard InChI is InChI=1S/C15H21N5/c1-2-12-6-3-4-7-13(12)19-14-8-5-9-17-15(14)20-11-16-10-18-20/h5,8-13,19H,2-4,6-7H2,1H3. The Morgan fingerprint density at radius 1 is 1.35 bits per heavy atom. The predicted octanol–water partition coefficient (Wildman–Crippen LogP) is 3.04. The fraction of sp³-hybridized carbons (Fsp3) is 0.533. The Morgan fingerprint density at radius 2 is 2.25 bits per heavy atom. The van der Waals surface area contributed by atoms with Crippen LogP contribution in [0, 0.1) is 5.92 Å². The van der Waals surface area contributed by atoms with E-state index in [1.54, 1.807) is 17.2 Å². The van der Waals surface area contributed by atoms with Crippen molar-refractivity contribution in [3.05, 3.63) is 31.0 Å². The summed E-state index contributed by atoms with van der Waals surface area (Å²) in [4.78, 5) is 8.44. The SMILES string of the molecule is CCC1CCCCC1Nc1cccnc1-n1cncn1. The second-order valence-electron chi connectivity index (χ2n) is 5.42. The third kappa shape index (κ3) is 2.66. The number of hydrogen-bond acceptors (Lipinski definition) is 4. The predicted molar refractivity (Wildman–Crippen MR) is 78.8 cm³/mol. The van der Waals surface area contributed by atoms with Crippen LogP contribution in [0.5, 0.6) is 0 Å². The number of hydrogen-bond donors (Lipinski definition) is 1. The minimum absolute atomic E-state index is 0.542. The quantitative estimate of drug-likeness (QED) is 0.928. The number of anilines is 1. The van der Waals surface area contributed by atoms with Crippen molar-refractivity contribution in [3.8, 4) is 5.82 Å². The van der Waals surface area contributed by atoms with Gasteiger partial charge in [0.1, 0.15) is 12.7 Å². The molecule has 0 spiro atoms. The summed E-state index contributed by atoms with van der Waals surface area (Å²) in [5.41, 5.74) is 1.04. The highest BCUT2D eigenvalue weighted by molar-refractivity contribution is 5.56. The zero-order chi connectivity index (χ0) is 13.8. The van der Waals surface area contributed by atoms with E-state index >= 15 is 0 Å². The van der Waals surface area contributed by atoms with Crippen LogP contribution in [0.15, 0.2) is 31.0 Å². The minimum Gasteiger partial charge on any atom is -0.379 e. The van der Waals surface area contributed by atoms with E-state index in [1.807, 2.05) is 6.07 Å². The molecule has 0 bridgehead atoms. The second-order valence-corrected chi connectivity index (χ2v) is 5.42. The van der Waals surface area contributed by atoms with Gasteiger partial charge in [0, 0.05) is 12.2 Å². The first kappa shape index (κ1) is 13.1. The van der Waals surface area contributed by atoms with E-state index in [0.29, 0.717) is 6.04 Å². The molecule has 5 heteroatoms. The van der Waals surface area contributed by atoms with E-state index in [9.17, 15) is 0 Å². The van der Waals surface area contributed by atoms with Crippen molar-refractivity contribution in [2.75, 3.05) is 5.32 Å². The fourth-order valence-corrected chi connectivity index (χ4v) is 3.10. The molecule has 0 saturated heterocycles. The highest BCUT2D eigenvalue weighted by Gasteiger charge is 2.24. The minimum atomic E-state index is 0.542. The Morgan fingerprint density at radius 3 is 3.05 bits per heavy atom. The maximum absolute atomic E-state index is 4.44. The molecule has 2 heterocycles. The van der Waals surface area contributed by atoms with E-state index in [0.717, 1.165) is 17.4 Å². The van der Waals surface area contributed by atoms with E-state index in [4.69, 9.17) is 0 Å². The van der Waals surface area contributed by atoms with E-state index in [1.165, 1.54) is 38.4 Å². The van der Waals surface area contributed by atoms with Gasteiger partial charge in [0.25, 0.3) is 0 Å². The van der Waals surface area contributed by atoms with Gasteiger partial charge in [-0.25, -0.2) is 14.6 Å². The molecular formula is C15H21N5. The van der Waals surface area contributed by atoms with Gasteiger partial charge in [-0.15, -0.1) is 0 Å². The van der Waals surface area contributed by atoms with Gasteiger partial charge in [0.05, 0.1) is 5.69 Å². The second kappa shape index (κ2) is 6.03. The summed E-state index contributed by atoms with van der Waals surface area (Å²) in [6.45, 7) is 2.28. The average Bonchev–Trinajstić information content (AvgIpc) is 3.02. The van der Waals surface area contributed by atoms with Crippen molar-refractivity contribution in [2.45, 2.75) is 45.1 Å². The molecule has 0 radical (unpaired) electrons. The maximum Gasteiger partial charge on any atom is 0.178 e. The Labute approximate surface area is 119 Å². The summed E-state index contributed by atoms with van der Waals surface area (Å²) in [6, 6.07) is 4.58. The first-order valence-corrected chi connectivity index (χ1v) is 7.45. The molecule has 2 unspecified atom stereocenters. The molecule has 0 aromatic carbocycles. The smallest absolute Gasteiger partial charge is 0.178 e. The number of nitrogens with one attached hydrogen (secondary N) is 1. The van der Waals surface area contributed by atoms with Gasteiger partial charge in [-0.05, 0) is 30.9 Å². The molecule has 1 aliphatic carbocycles. The monoisotopic (exact) mass is 271 g/mol.